The number of anilines is 1. The highest BCUT2D eigenvalue weighted by Gasteiger charge is 2.44. The number of hydrogen-bond acceptors (Lipinski definition) is 4. The van der Waals surface area contributed by atoms with Crippen LogP contribution in [-0.2, 0) is 11.3 Å². The van der Waals surface area contributed by atoms with E-state index in [1.54, 1.807) is 16.9 Å². The second-order valence-electron chi connectivity index (χ2n) is 7.22. The maximum Gasteiger partial charge on any atom is 0.318 e. The van der Waals surface area contributed by atoms with Crippen molar-refractivity contribution in [1.82, 2.24) is 10.2 Å². The van der Waals surface area contributed by atoms with Gasteiger partial charge in [-0.1, -0.05) is 24.3 Å². The van der Waals surface area contributed by atoms with E-state index in [0.29, 0.717) is 31.8 Å². The van der Waals surface area contributed by atoms with Gasteiger partial charge in [0, 0.05) is 13.0 Å². The lowest BCUT2D eigenvalue weighted by molar-refractivity contribution is -0.122. The molecule has 1 saturated heterocycles. The highest BCUT2D eigenvalue weighted by atomic mass is 16.5. The molecule has 0 aromatic heterocycles. The summed E-state index contributed by atoms with van der Waals surface area (Å²) in [6, 6.07) is 14.4. The van der Waals surface area contributed by atoms with Crippen molar-refractivity contribution in [2.45, 2.75) is 32.0 Å². The first-order valence-electron chi connectivity index (χ1n) is 9.85. The molecule has 3 amide bonds. The minimum Gasteiger partial charge on any atom is -0.497 e. The first kappa shape index (κ1) is 19.1. The third-order valence-electron chi connectivity index (χ3n) is 5.35. The fourth-order valence-corrected chi connectivity index (χ4v) is 3.93. The number of carbonyl (C=O) groups excluding carboxylic acids is 2. The van der Waals surface area contributed by atoms with Crippen molar-refractivity contribution in [3.63, 3.8) is 0 Å². The minimum absolute atomic E-state index is 0.0923. The number of amides is 3. The number of nitrogens with zero attached hydrogens (tertiary/aromatic N) is 2. The summed E-state index contributed by atoms with van der Waals surface area (Å²) in [5, 5.41) is 2.81. The Labute approximate surface area is 170 Å². The molecule has 1 fully saturated rings. The van der Waals surface area contributed by atoms with E-state index in [1.807, 2.05) is 55.5 Å². The molecule has 2 bridgehead atoms. The maximum atomic E-state index is 13.6. The second kappa shape index (κ2) is 8.03. The Morgan fingerprint density at radius 1 is 1.21 bits per heavy atom. The Hall–Kier alpha value is -3.22. The van der Waals surface area contributed by atoms with Crippen molar-refractivity contribution in [2.75, 3.05) is 25.1 Å². The molecule has 0 aliphatic carbocycles. The van der Waals surface area contributed by atoms with Crippen LogP contribution in [0.4, 0.5) is 10.5 Å². The average Bonchev–Trinajstić information content (AvgIpc) is 3.17. The molecule has 0 saturated carbocycles. The molecule has 0 radical (unpaired) electrons. The van der Waals surface area contributed by atoms with Gasteiger partial charge in [-0.05, 0) is 36.8 Å². The molecule has 2 unspecified atom stereocenters. The Kier molecular flexibility index (Phi) is 5.29. The van der Waals surface area contributed by atoms with Gasteiger partial charge >= 0.3 is 6.03 Å². The van der Waals surface area contributed by atoms with Gasteiger partial charge in [0.2, 0.25) is 5.91 Å². The summed E-state index contributed by atoms with van der Waals surface area (Å²) in [7, 11) is 1.62. The Bertz CT molecular complexity index is 899. The van der Waals surface area contributed by atoms with E-state index in [-0.39, 0.29) is 18.0 Å². The fourth-order valence-electron chi connectivity index (χ4n) is 3.93. The molecule has 7 nitrogen and oxygen atoms in total. The number of rotatable bonds is 4. The molecule has 1 N–H and O–H groups in total. The highest BCUT2D eigenvalue weighted by molar-refractivity contribution is 6.00. The molecule has 2 atom stereocenters. The lowest BCUT2D eigenvalue weighted by Gasteiger charge is -2.31. The Morgan fingerprint density at radius 2 is 1.97 bits per heavy atom. The first-order valence-corrected chi connectivity index (χ1v) is 9.85. The Balaban J connectivity index is 1.69. The molecule has 4 rings (SSSR count). The van der Waals surface area contributed by atoms with E-state index in [4.69, 9.17) is 9.47 Å². The summed E-state index contributed by atoms with van der Waals surface area (Å²) < 4.78 is 11.4. The third kappa shape index (κ3) is 3.72. The molecular weight excluding hydrogens is 370 g/mol. The van der Waals surface area contributed by atoms with Gasteiger partial charge in [0.1, 0.15) is 23.6 Å². The number of urea groups is 1. The normalized spacial score (nSPS) is 20.4. The van der Waals surface area contributed by atoms with Gasteiger partial charge in [-0.3, -0.25) is 4.79 Å². The van der Waals surface area contributed by atoms with Crippen LogP contribution in [0.3, 0.4) is 0 Å². The quantitative estimate of drug-likeness (QED) is 0.864. The van der Waals surface area contributed by atoms with Crippen LogP contribution in [0.5, 0.6) is 11.5 Å². The molecule has 2 aliphatic heterocycles. The summed E-state index contributed by atoms with van der Waals surface area (Å²) in [6.07, 6.45) is 0.291. The predicted molar refractivity (Wildman–Crippen MR) is 109 cm³/mol. The molecule has 29 heavy (non-hydrogen) atoms. The summed E-state index contributed by atoms with van der Waals surface area (Å²) in [6.45, 7) is 3.15. The Morgan fingerprint density at radius 3 is 2.69 bits per heavy atom. The number of hydrogen-bond donors (Lipinski definition) is 1. The van der Waals surface area contributed by atoms with Crippen LogP contribution in [0.25, 0.3) is 0 Å². The zero-order chi connectivity index (χ0) is 20.4. The number of fused-ring (bicyclic) bond motifs is 3. The maximum absolute atomic E-state index is 13.6. The third-order valence-corrected chi connectivity index (χ3v) is 5.35. The monoisotopic (exact) mass is 395 g/mol. The number of para-hydroxylation sites is 2. The SMILES string of the molecule is CCNC(=O)N1CC2CC1C(=O)N(Cc1ccc(OC)cc1)c1ccccc1O2. The lowest BCUT2D eigenvalue weighted by Crippen LogP contribution is -2.50. The first-order chi connectivity index (χ1) is 14.1. The van der Waals surface area contributed by atoms with Crippen LogP contribution >= 0.6 is 0 Å². The second-order valence-corrected chi connectivity index (χ2v) is 7.22. The van der Waals surface area contributed by atoms with E-state index in [9.17, 15) is 9.59 Å². The highest BCUT2D eigenvalue weighted by Crippen LogP contribution is 2.37. The number of carbonyl (C=O) groups is 2. The van der Waals surface area contributed by atoms with Crippen molar-refractivity contribution in [3.8, 4) is 11.5 Å². The van der Waals surface area contributed by atoms with E-state index in [2.05, 4.69) is 5.32 Å². The molecule has 2 aromatic carbocycles. The van der Waals surface area contributed by atoms with Crippen LogP contribution < -0.4 is 19.7 Å². The fraction of sp³-hybridized carbons (Fsp3) is 0.364. The van der Waals surface area contributed by atoms with Gasteiger partial charge in [0.15, 0.2) is 0 Å². The molecule has 7 heteroatoms. The van der Waals surface area contributed by atoms with Crippen LogP contribution in [-0.4, -0.2) is 49.2 Å². The van der Waals surface area contributed by atoms with Crippen molar-refractivity contribution in [2.24, 2.45) is 0 Å². The van der Waals surface area contributed by atoms with E-state index < -0.39 is 6.04 Å². The smallest absolute Gasteiger partial charge is 0.318 e. The molecule has 152 valence electrons. The van der Waals surface area contributed by atoms with Crippen molar-refractivity contribution in [3.05, 3.63) is 54.1 Å². The predicted octanol–water partition coefficient (Wildman–Crippen LogP) is 2.79. The number of benzene rings is 2. The summed E-state index contributed by atoms with van der Waals surface area (Å²) >= 11 is 0. The van der Waals surface area contributed by atoms with E-state index >= 15 is 0 Å². The zero-order valence-electron chi connectivity index (χ0n) is 16.6. The van der Waals surface area contributed by atoms with Crippen LogP contribution in [0.15, 0.2) is 48.5 Å². The van der Waals surface area contributed by atoms with Gasteiger partial charge in [-0.15, -0.1) is 0 Å². The van der Waals surface area contributed by atoms with E-state index in [1.165, 1.54) is 0 Å². The molecular formula is C22H25N3O4. The minimum atomic E-state index is -0.543. The van der Waals surface area contributed by atoms with Gasteiger partial charge in [-0.2, -0.15) is 0 Å². The summed E-state index contributed by atoms with van der Waals surface area (Å²) in [4.78, 5) is 29.4. The van der Waals surface area contributed by atoms with E-state index in [0.717, 1.165) is 17.0 Å². The van der Waals surface area contributed by atoms with Crippen LogP contribution in [0.2, 0.25) is 0 Å². The molecule has 0 spiro atoms. The standard InChI is InChI=1S/C22H25N3O4/c1-3-23-22(27)25-14-17-12-19(25)21(26)24(18-6-4-5-7-20(18)29-17)13-15-8-10-16(28-2)11-9-15/h4-11,17,19H,3,12-14H2,1-2H3,(H,23,27). The molecule has 2 aliphatic rings. The van der Waals surface area contributed by atoms with Gasteiger partial charge < -0.3 is 24.6 Å². The summed E-state index contributed by atoms with van der Waals surface area (Å²) in [5.41, 5.74) is 1.69. The number of methoxy groups -OCH3 is 1. The number of ether oxygens (including phenoxy) is 2. The number of likely N-dealkylation sites (tertiary alicyclic amines) is 1. The van der Waals surface area contributed by atoms with Crippen molar-refractivity contribution in [1.29, 1.82) is 0 Å². The molecule has 2 aromatic rings. The average molecular weight is 395 g/mol. The van der Waals surface area contributed by atoms with Gasteiger partial charge in [-0.25, -0.2) is 4.79 Å². The number of nitrogens with one attached hydrogen (secondary N) is 1. The van der Waals surface area contributed by atoms with Crippen molar-refractivity contribution >= 4 is 17.6 Å². The lowest BCUT2D eigenvalue weighted by atomic mass is 10.1. The van der Waals surface area contributed by atoms with Crippen molar-refractivity contribution < 1.29 is 19.1 Å². The van der Waals surface area contributed by atoms with Gasteiger partial charge in [0.05, 0.1) is 25.9 Å². The van der Waals surface area contributed by atoms with Crippen LogP contribution in [0.1, 0.15) is 18.9 Å². The summed E-state index contributed by atoms with van der Waals surface area (Å²) in [5.74, 6) is 1.33. The van der Waals surface area contributed by atoms with Crippen LogP contribution in [0, 0.1) is 0 Å². The zero-order valence-corrected chi connectivity index (χ0v) is 16.6. The van der Waals surface area contributed by atoms with Gasteiger partial charge in [0.25, 0.3) is 0 Å². The topological polar surface area (TPSA) is 71.1 Å². The largest absolute Gasteiger partial charge is 0.497 e. The molecule has 2 heterocycles.